The average Bonchev–Trinajstić information content (AvgIpc) is 2.73. The molecule has 0 unspecified atom stereocenters. The summed E-state index contributed by atoms with van der Waals surface area (Å²) in [5.74, 6) is -0.0811. The van der Waals surface area contributed by atoms with E-state index in [9.17, 15) is 13.6 Å². The lowest BCUT2D eigenvalue weighted by Gasteiger charge is -2.41. The highest BCUT2D eigenvalue weighted by molar-refractivity contribution is 5.85. The number of hydrogen-bond donors (Lipinski definition) is 2. The highest BCUT2D eigenvalue weighted by atomic mass is 19.1. The lowest BCUT2D eigenvalue weighted by Crippen LogP contribution is -2.56. The third-order valence-electron chi connectivity index (χ3n) is 5.52. The van der Waals surface area contributed by atoms with Gasteiger partial charge in [0.05, 0.1) is 12.1 Å². The number of piperazine rings is 1. The van der Waals surface area contributed by atoms with E-state index in [4.69, 9.17) is 5.73 Å². The number of carbonyl (C=O) groups is 1. The number of halogens is 2. The summed E-state index contributed by atoms with van der Waals surface area (Å²) in [7, 11) is 0. The van der Waals surface area contributed by atoms with Gasteiger partial charge >= 0.3 is 0 Å². The largest absolute Gasteiger partial charge is 0.341 e. The highest BCUT2D eigenvalue weighted by Crippen LogP contribution is 2.28. The monoisotopic (exact) mass is 440 g/mol. The second kappa shape index (κ2) is 9.12. The average molecular weight is 441 g/mol. The fourth-order valence-electron chi connectivity index (χ4n) is 3.62. The SMILES string of the molecule is C=C1CN(C(=O)C(C)(C)N)CCN1/C(Nc1ccc(C)c(F)c1)=C(\C)c1ccc(F)cc1. The van der Waals surface area contributed by atoms with Crippen LogP contribution in [-0.2, 0) is 4.79 Å². The zero-order chi connectivity index (χ0) is 23.6. The van der Waals surface area contributed by atoms with Crippen LogP contribution in [0.2, 0.25) is 0 Å². The van der Waals surface area contributed by atoms with Crippen LogP contribution in [0.15, 0.2) is 60.6 Å². The number of benzene rings is 2. The van der Waals surface area contributed by atoms with Gasteiger partial charge in [-0.15, -0.1) is 0 Å². The first-order chi connectivity index (χ1) is 15.0. The van der Waals surface area contributed by atoms with Crippen LogP contribution in [0.5, 0.6) is 0 Å². The molecule has 0 saturated carbocycles. The van der Waals surface area contributed by atoms with Gasteiger partial charge in [-0.1, -0.05) is 24.8 Å². The number of nitrogens with one attached hydrogen (secondary N) is 1. The van der Waals surface area contributed by atoms with E-state index in [0.29, 0.717) is 42.4 Å². The Morgan fingerprint density at radius 2 is 1.78 bits per heavy atom. The Labute approximate surface area is 188 Å². The molecule has 170 valence electrons. The Hall–Kier alpha value is -3.19. The van der Waals surface area contributed by atoms with E-state index in [0.717, 1.165) is 11.1 Å². The van der Waals surface area contributed by atoms with Crippen molar-refractivity contribution in [3.05, 3.63) is 83.3 Å². The number of rotatable bonds is 5. The zero-order valence-corrected chi connectivity index (χ0v) is 19.0. The van der Waals surface area contributed by atoms with Crippen LogP contribution in [0, 0.1) is 18.6 Å². The molecule has 1 aliphatic heterocycles. The summed E-state index contributed by atoms with van der Waals surface area (Å²) in [5.41, 5.74) is 8.51. The minimum atomic E-state index is -0.969. The van der Waals surface area contributed by atoms with Gasteiger partial charge in [-0.25, -0.2) is 8.78 Å². The van der Waals surface area contributed by atoms with E-state index in [-0.39, 0.29) is 17.5 Å². The van der Waals surface area contributed by atoms with E-state index in [1.54, 1.807) is 49.9 Å². The number of anilines is 1. The molecule has 0 radical (unpaired) electrons. The number of nitrogens with two attached hydrogens (primary N) is 1. The maximum absolute atomic E-state index is 14.2. The topological polar surface area (TPSA) is 61.6 Å². The molecule has 1 fully saturated rings. The second-order valence-electron chi connectivity index (χ2n) is 8.74. The van der Waals surface area contributed by atoms with Crippen LogP contribution in [0.3, 0.4) is 0 Å². The molecule has 0 bridgehead atoms. The number of hydrogen-bond acceptors (Lipinski definition) is 4. The molecule has 2 aromatic carbocycles. The third kappa shape index (κ3) is 5.16. The van der Waals surface area contributed by atoms with Crippen molar-refractivity contribution in [3.63, 3.8) is 0 Å². The standard InChI is InChI=1S/C25H30F2N4O/c1-16-6-11-21(14-22(16)27)29-23(18(3)19-7-9-20(26)10-8-19)31-13-12-30(15-17(31)2)24(32)25(4,5)28/h6-11,14,29H,2,12-13,15,28H2,1,3-5H3/b23-18+. The molecule has 2 aromatic rings. The Kier molecular flexibility index (Phi) is 6.69. The molecule has 1 saturated heterocycles. The van der Waals surface area contributed by atoms with Gasteiger partial charge in [0.15, 0.2) is 0 Å². The predicted molar refractivity (Wildman–Crippen MR) is 124 cm³/mol. The maximum Gasteiger partial charge on any atom is 0.242 e. The van der Waals surface area contributed by atoms with Crippen LogP contribution >= 0.6 is 0 Å². The molecule has 1 aliphatic rings. The van der Waals surface area contributed by atoms with E-state index in [2.05, 4.69) is 11.9 Å². The molecule has 0 aliphatic carbocycles. The first-order valence-corrected chi connectivity index (χ1v) is 10.5. The molecular weight excluding hydrogens is 410 g/mol. The normalized spacial score (nSPS) is 15.5. The lowest BCUT2D eigenvalue weighted by atomic mass is 10.0. The van der Waals surface area contributed by atoms with Gasteiger partial charge in [-0.3, -0.25) is 4.79 Å². The zero-order valence-electron chi connectivity index (χ0n) is 19.0. The highest BCUT2D eigenvalue weighted by Gasteiger charge is 2.32. The van der Waals surface area contributed by atoms with Gasteiger partial charge in [0, 0.05) is 24.5 Å². The summed E-state index contributed by atoms with van der Waals surface area (Å²) in [6.07, 6.45) is 0. The van der Waals surface area contributed by atoms with Gasteiger partial charge < -0.3 is 20.9 Å². The van der Waals surface area contributed by atoms with Crippen molar-refractivity contribution in [1.29, 1.82) is 0 Å². The third-order valence-corrected chi connectivity index (χ3v) is 5.52. The molecule has 0 aromatic heterocycles. The fraction of sp³-hybridized carbons (Fsp3) is 0.320. The molecule has 0 atom stereocenters. The van der Waals surface area contributed by atoms with E-state index in [1.165, 1.54) is 18.2 Å². The van der Waals surface area contributed by atoms with E-state index in [1.807, 2.05) is 11.8 Å². The predicted octanol–water partition coefficient (Wildman–Crippen LogP) is 4.47. The number of amides is 1. The summed E-state index contributed by atoms with van der Waals surface area (Å²) in [6, 6.07) is 11.1. The molecule has 3 rings (SSSR count). The summed E-state index contributed by atoms with van der Waals surface area (Å²) in [4.78, 5) is 16.3. The van der Waals surface area contributed by atoms with Gasteiger partial charge in [-0.05, 0) is 68.7 Å². The quantitative estimate of drug-likeness (QED) is 0.720. The molecule has 3 N–H and O–H groups in total. The van der Waals surface area contributed by atoms with Crippen molar-refractivity contribution in [3.8, 4) is 0 Å². The summed E-state index contributed by atoms with van der Waals surface area (Å²) in [6.45, 7) is 12.4. The van der Waals surface area contributed by atoms with Gasteiger partial charge in [0.25, 0.3) is 0 Å². The van der Waals surface area contributed by atoms with Gasteiger partial charge in [0.2, 0.25) is 5.91 Å². The Balaban J connectivity index is 1.96. The van der Waals surface area contributed by atoms with E-state index >= 15 is 0 Å². The Morgan fingerprint density at radius 3 is 2.34 bits per heavy atom. The minimum absolute atomic E-state index is 0.146. The number of aryl methyl sites for hydroxylation is 1. The van der Waals surface area contributed by atoms with Crippen molar-refractivity contribution in [2.75, 3.05) is 25.0 Å². The number of carbonyl (C=O) groups excluding carboxylic acids is 1. The maximum atomic E-state index is 14.2. The summed E-state index contributed by atoms with van der Waals surface area (Å²) in [5, 5.41) is 3.32. The minimum Gasteiger partial charge on any atom is -0.341 e. The molecule has 32 heavy (non-hydrogen) atoms. The van der Waals surface area contributed by atoms with E-state index < -0.39 is 5.54 Å². The van der Waals surface area contributed by atoms with Crippen molar-refractivity contribution in [2.45, 2.75) is 33.2 Å². The van der Waals surface area contributed by atoms with Crippen molar-refractivity contribution >= 4 is 17.2 Å². The molecular formula is C25H30F2N4O. The molecule has 5 nitrogen and oxygen atoms in total. The van der Waals surface area contributed by atoms with Crippen LogP contribution in [0.1, 0.15) is 31.9 Å². The van der Waals surface area contributed by atoms with Crippen molar-refractivity contribution in [1.82, 2.24) is 9.80 Å². The molecule has 7 heteroatoms. The van der Waals surface area contributed by atoms with Crippen molar-refractivity contribution in [2.24, 2.45) is 5.73 Å². The Bertz CT molecular complexity index is 1050. The molecule has 1 heterocycles. The molecule has 1 amide bonds. The first kappa shape index (κ1) is 23.5. The van der Waals surface area contributed by atoms with Crippen LogP contribution in [-0.4, -0.2) is 40.9 Å². The first-order valence-electron chi connectivity index (χ1n) is 10.5. The molecule has 0 spiro atoms. The smallest absolute Gasteiger partial charge is 0.242 e. The van der Waals surface area contributed by atoms with Gasteiger partial charge in [0.1, 0.15) is 17.5 Å². The van der Waals surface area contributed by atoms with Crippen molar-refractivity contribution < 1.29 is 13.6 Å². The lowest BCUT2D eigenvalue weighted by molar-refractivity contribution is -0.136. The summed E-state index contributed by atoms with van der Waals surface area (Å²) >= 11 is 0. The fourth-order valence-corrected chi connectivity index (χ4v) is 3.62. The Morgan fingerprint density at radius 1 is 1.12 bits per heavy atom. The van der Waals surface area contributed by atoms with Crippen LogP contribution in [0.4, 0.5) is 14.5 Å². The van der Waals surface area contributed by atoms with Crippen LogP contribution < -0.4 is 11.1 Å². The van der Waals surface area contributed by atoms with Crippen LogP contribution in [0.25, 0.3) is 5.57 Å². The summed E-state index contributed by atoms with van der Waals surface area (Å²) < 4.78 is 27.7. The van der Waals surface area contributed by atoms with Gasteiger partial charge in [-0.2, -0.15) is 0 Å². The number of allylic oxidation sites excluding steroid dienone is 1. The number of nitrogens with zero attached hydrogens (tertiary/aromatic N) is 2. The second-order valence-corrected chi connectivity index (χ2v) is 8.74.